The van der Waals surface area contributed by atoms with E-state index in [-0.39, 0.29) is 5.91 Å². The lowest BCUT2D eigenvalue weighted by molar-refractivity contribution is 0.0948. The fraction of sp³-hybridized carbons (Fsp3) is 0.300. The number of ether oxygens (including phenoxy) is 2. The number of imidazole rings is 1. The van der Waals surface area contributed by atoms with Crippen LogP contribution in [0.15, 0.2) is 48.5 Å². The molecule has 2 aromatic carbocycles. The van der Waals surface area contributed by atoms with Gasteiger partial charge in [-0.3, -0.25) is 4.79 Å². The number of hydrogen-bond acceptors (Lipinski definition) is 4. The average Bonchev–Trinajstić information content (AvgIpc) is 3.04. The summed E-state index contributed by atoms with van der Waals surface area (Å²) in [5, 5.41) is 2.94. The van der Waals surface area contributed by atoms with E-state index in [9.17, 15) is 4.79 Å². The van der Waals surface area contributed by atoms with E-state index < -0.39 is 0 Å². The van der Waals surface area contributed by atoms with Gasteiger partial charge in [-0.05, 0) is 37.3 Å². The molecule has 0 atom stereocenters. The number of carbonyl (C=O) groups excluding carboxylic acids is 1. The fourth-order valence-electron chi connectivity index (χ4n) is 2.84. The van der Waals surface area contributed by atoms with E-state index >= 15 is 0 Å². The van der Waals surface area contributed by atoms with Crippen LogP contribution in [0.25, 0.3) is 11.0 Å². The van der Waals surface area contributed by atoms with Crippen molar-refractivity contribution in [1.29, 1.82) is 0 Å². The molecule has 3 aromatic rings. The van der Waals surface area contributed by atoms with Crippen LogP contribution in [0.4, 0.5) is 0 Å². The summed E-state index contributed by atoms with van der Waals surface area (Å²) in [6.07, 6.45) is 0. The minimum Gasteiger partial charge on any atom is -0.497 e. The van der Waals surface area contributed by atoms with E-state index in [1.54, 1.807) is 25.3 Å². The third-order valence-electron chi connectivity index (χ3n) is 4.14. The van der Waals surface area contributed by atoms with E-state index in [4.69, 9.17) is 9.47 Å². The largest absolute Gasteiger partial charge is 0.497 e. The zero-order chi connectivity index (χ0) is 18.4. The highest BCUT2D eigenvalue weighted by atomic mass is 16.5. The zero-order valence-corrected chi connectivity index (χ0v) is 15.1. The van der Waals surface area contributed by atoms with Crippen LogP contribution in [0.3, 0.4) is 0 Å². The predicted molar refractivity (Wildman–Crippen MR) is 100 cm³/mol. The van der Waals surface area contributed by atoms with Gasteiger partial charge in [-0.15, -0.1) is 0 Å². The molecule has 6 nitrogen and oxygen atoms in total. The monoisotopic (exact) mass is 353 g/mol. The standard InChI is InChI=1S/C20H23N3O3/c1-3-26-12-11-23-18-10-5-4-9-17(18)22-19(23)14-21-20(24)15-7-6-8-16(13-15)25-2/h4-10,13H,3,11-12,14H2,1-2H3,(H,21,24). The Bertz CT molecular complexity index is 889. The fourth-order valence-corrected chi connectivity index (χ4v) is 2.84. The first kappa shape index (κ1) is 17.9. The maximum absolute atomic E-state index is 12.4. The van der Waals surface area contributed by atoms with Crippen LogP contribution in [0.2, 0.25) is 0 Å². The molecule has 0 saturated heterocycles. The Morgan fingerprint density at radius 2 is 2.04 bits per heavy atom. The Morgan fingerprint density at radius 3 is 2.85 bits per heavy atom. The molecule has 0 saturated carbocycles. The van der Waals surface area contributed by atoms with Crippen molar-refractivity contribution < 1.29 is 14.3 Å². The average molecular weight is 353 g/mol. The molecule has 0 spiro atoms. The van der Waals surface area contributed by atoms with Crippen molar-refractivity contribution in [1.82, 2.24) is 14.9 Å². The number of hydrogen-bond donors (Lipinski definition) is 1. The Kier molecular flexibility index (Phi) is 5.86. The highest BCUT2D eigenvalue weighted by Crippen LogP contribution is 2.17. The van der Waals surface area contributed by atoms with Gasteiger partial charge in [0.15, 0.2) is 0 Å². The number of nitrogens with one attached hydrogen (secondary N) is 1. The van der Waals surface area contributed by atoms with Gasteiger partial charge < -0.3 is 19.4 Å². The first-order chi connectivity index (χ1) is 12.7. The van der Waals surface area contributed by atoms with Gasteiger partial charge >= 0.3 is 0 Å². The summed E-state index contributed by atoms with van der Waals surface area (Å²) in [7, 11) is 1.58. The van der Waals surface area contributed by atoms with Crippen LogP contribution in [0, 0.1) is 0 Å². The van der Waals surface area contributed by atoms with Gasteiger partial charge in [-0.1, -0.05) is 18.2 Å². The number of nitrogens with zero attached hydrogens (tertiary/aromatic N) is 2. The van der Waals surface area contributed by atoms with Crippen LogP contribution in [0.5, 0.6) is 5.75 Å². The normalized spacial score (nSPS) is 10.8. The van der Waals surface area contributed by atoms with Gasteiger partial charge in [0, 0.05) is 18.7 Å². The van der Waals surface area contributed by atoms with Crippen LogP contribution < -0.4 is 10.1 Å². The molecular weight excluding hydrogens is 330 g/mol. The number of methoxy groups -OCH3 is 1. The molecule has 0 aliphatic heterocycles. The van der Waals surface area contributed by atoms with E-state index in [1.165, 1.54) is 0 Å². The van der Waals surface area contributed by atoms with E-state index in [2.05, 4.69) is 14.9 Å². The summed E-state index contributed by atoms with van der Waals surface area (Å²) in [6.45, 7) is 4.29. The lowest BCUT2D eigenvalue weighted by Crippen LogP contribution is -2.25. The topological polar surface area (TPSA) is 65.4 Å². The van der Waals surface area contributed by atoms with E-state index in [1.807, 2.05) is 37.3 Å². The lowest BCUT2D eigenvalue weighted by Gasteiger charge is -2.10. The summed E-state index contributed by atoms with van der Waals surface area (Å²) in [5.41, 5.74) is 2.51. The van der Waals surface area contributed by atoms with Crippen LogP contribution in [-0.4, -0.2) is 35.8 Å². The summed E-state index contributed by atoms with van der Waals surface area (Å²) >= 11 is 0. The molecule has 0 unspecified atom stereocenters. The number of aromatic nitrogens is 2. The Morgan fingerprint density at radius 1 is 1.19 bits per heavy atom. The maximum atomic E-state index is 12.4. The molecule has 136 valence electrons. The predicted octanol–water partition coefficient (Wildman–Crippen LogP) is 3.01. The van der Waals surface area contributed by atoms with Crippen molar-refractivity contribution in [2.45, 2.75) is 20.0 Å². The molecule has 0 aliphatic rings. The van der Waals surface area contributed by atoms with Crippen LogP contribution in [0.1, 0.15) is 23.1 Å². The highest BCUT2D eigenvalue weighted by molar-refractivity contribution is 5.94. The molecule has 0 bridgehead atoms. The van der Waals surface area contributed by atoms with Gasteiger partial charge in [-0.2, -0.15) is 0 Å². The third kappa shape index (κ3) is 4.03. The molecule has 6 heteroatoms. The molecule has 0 radical (unpaired) electrons. The lowest BCUT2D eigenvalue weighted by atomic mass is 10.2. The van der Waals surface area contributed by atoms with Crippen molar-refractivity contribution in [3.63, 3.8) is 0 Å². The van der Waals surface area contributed by atoms with Crippen molar-refractivity contribution in [3.8, 4) is 5.75 Å². The molecule has 0 fully saturated rings. The molecular formula is C20H23N3O3. The second kappa shape index (κ2) is 8.49. The van der Waals surface area contributed by atoms with E-state index in [0.29, 0.717) is 37.6 Å². The van der Waals surface area contributed by atoms with Crippen molar-refractivity contribution in [2.24, 2.45) is 0 Å². The highest BCUT2D eigenvalue weighted by Gasteiger charge is 2.12. The Labute approximate surface area is 152 Å². The Hall–Kier alpha value is -2.86. The second-order valence-corrected chi connectivity index (χ2v) is 5.78. The van der Waals surface area contributed by atoms with Gasteiger partial charge in [0.25, 0.3) is 5.91 Å². The number of fused-ring (bicyclic) bond motifs is 1. The summed E-state index contributed by atoms with van der Waals surface area (Å²) < 4.78 is 12.7. The molecule has 1 aromatic heterocycles. The van der Waals surface area contributed by atoms with Crippen molar-refractivity contribution in [3.05, 3.63) is 59.9 Å². The first-order valence-corrected chi connectivity index (χ1v) is 8.67. The minimum absolute atomic E-state index is 0.160. The number of rotatable bonds is 8. The Balaban J connectivity index is 1.77. The van der Waals surface area contributed by atoms with Gasteiger partial charge in [0.05, 0.1) is 31.3 Å². The summed E-state index contributed by atoms with van der Waals surface area (Å²) in [4.78, 5) is 17.1. The molecule has 0 aliphatic carbocycles. The van der Waals surface area contributed by atoms with Crippen molar-refractivity contribution in [2.75, 3.05) is 20.3 Å². The minimum atomic E-state index is -0.160. The first-order valence-electron chi connectivity index (χ1n) is 8.67. The summed E-state index contributed by atoms with van der Waals surface area (Å²) in [6, 6.07) is 15.0. The van der Waals surface area contributed by atoms with Gasteiger partial charge in [-0.25, -0.2) is 4.98 Å². The number of benzene rings is 2. The number of carbonyl (C=O) groups is 1. The van der Waals surface area contributed by atoms with Gasteiger partial charge in [0.1, 0.15) is 11.6 Å². The molecule has 1 N–H and O–H groups in total. The van der Waals surface area contributed by atoms with Crippen LogP contribution >= 0.6 is 0 Å². The van der Waals surface area contributed by atoms with Gasteiger partial charge in [0.2, 0.25) is 0 Å². The summed E-state index contributed by atoms with van der Waals surface area (Å²) in [5.74, 6) is 1.30. The number of para-hydroxylation sites is 2. The molecule has 26 heavy (non-hydrogen) atoms. The molecule has 3 rings (SSSR count). The van der Waals surface area contributed by atoms with Crippen molar-refractivity contribution >= 4 is 16.9 Å². The molecule has 1 heterocycles. The maximum Gasteiger partial charge on any atom is 0.251 e. The quantitative estimate of drug-likeness (QED) is 0.632. The zero-order valence-electron chi connectivity index (χ0n) is 15.1. The SMILES string of the molecule is CCOCCn1c(CNC(=O)c2cccc(OC)c2)nc2ccccc21. The second-order valence-electron chi connectivity index (χ2n) is 5.78. The third-order valence-corrected chi connectivity index (χ3v) is 4.14. The number of amides is 1. The van der Waals surface area contributed by atoms with Crippen LogP contribution in [-0.2, 0) is 17.8 Å². The smallest absolute Gasteiger partial charge is 0.251 e. The van der Waals surface area contributed by atoms with E-state index in [0.717, 1.165) is 16.9 Å². The molecule has 1 amide bonds.